The van der Waals surface area contributed by atoms with Crippen LogP contribution in [-0.2, 0) is 16.1 Å². The van der Waals surface area contributed by atoms with E-state index < -0.39 is 11.9 Å². The van der Waals surface area contributed by atoms with Crippen molar-refractivity contribution < 1.29 is 28.0 Å². The third kappa shape index (κ3) is 3.93. The highest BCUT2D eigenvalue weighted by atomic mass is 19.1. The molecule has 0 saturated carbocycles. The summed E-state index contributed by atoms with van der Waals surface area (Å²) >= 11 is 0. The van der Waals surface area contributed by atoms with Crippen LogP contribution in [0.15, 0.2) is 28.8 Å². The van der Waals surface area contributed by atoms with Crippen LogP contribution in [0.5, 0.6) is 0 Å². The van der Waals surface area contributed by atoms with E-state index in [2.05, 4.69) is 15.1 Å². The Bertz CT molecular complexity index is 1010. The van der Waals surface area contributed by atoms with Gasteiger partial charge in [0.1, 0.15) is 11.5 Å². The average Bonchev–Trinajstić information content (AvgIpc) is 3.25. The van der Waals surface area contributed by atoms with E-state index >= 15 is 0 Å². The number of nitrogens with one attached hydrogen (secondary N) is 1. The second-order valence-corrected chi connectivity index (χ2v) is 5.94. The molecule has 0 unspecified atom stereocenters. The molecular formula is C19H18FN3O5. The number of aromatic nitrogens is 3. The van der Waals surface area contributed by atoms with Gasteiger partial charge in [-0.15, -0.1) is 0 Å². The van der Waals surface area contributed by atoms with Gasteiger partial charge in [-0.05, 0) is 50.6 Å². The maximum absolute atomic E-state index is 13.0. The molecule has 0 radical (unpaired) electrons. The largest absolute Gasteiger partial charge is 0.462 e. The summed E-state index contributed by atoms with van der Waals surface area (Å²) in [7, 11) is 0. The lowest BCUT2D eigenvalue weighted by Gasteiger charge is -2.03. The van der Waals surface area contributed by atoms with Crippen LogP contribution in [-0.4, -0.2) is 33.7 Å². The molecule has 3 rings (SSSR count). The summed E-state index contributed by atoms with van der Waals surface area (Å²) in [5.41, 5.74) is 1.99. The van der Waals surface area contributed by atoms with Gasteiger partial charge in [-0.25, -0.2) is 14.0 Å². The number of hydrogen-bond donors (Lipinski definition) is 1. The number of H-pyrrole nitrogens is 1. The van der Waals surface area contributed by atoms with Gasteiger partial charge in [0, 0.05) is 11.3 Å². The van der Waals surface area contributed by atoms with Gasteiger partial charge in [0.15, 0.2) is 6.61 Å². The molecule has 0 fully saturated rings. The number of benzene rings is 1. The molecule has 0 spiro atoms. The van der Waals surface area contributed by atoms with Gasteiger partial charge in [0.25, 0.3) is 5.89 Å². The number of aromatic amines is 1. The van der Waals surface area contributed by atoms with Crippen molar-refractivity contribution in [1.82, 2.24) is 15.1 Å². The van der Waals surface area contributed by atoms with Gasteiger partial charge in [-0.3, -0.25) is 0 Å². The van der Waals surface area contributed by atoms with E-state index in [-0.39, 0.29) is 36.4 Å². The third-order valence-corrected chi connectivity index (χ3v) is 4.02. The maximum atomic E-state index is 13.0. The molecule has 146 valence electrons. The van der Waals surface area contributed by atoms with Crippen LogP contribution < -0.4 is 0 Å². The van der Waals surface area contributed by atoms with Gasteiger partial charge in [-0.1, -0.05) is 5.16 Å². The Kier molecular flexibility index (Phi) is 5.53. The molecule has 8 nitrogen and oxygen atoms in total. The number of hydrogen-bond acceptors (Lipinski definition) is 7. The van der Waals surface area contributed by atoms with Crippen LogP contribution in [0.2, 0.25) is 0 Å². The van der Waals surface area contributed by atoms with Crippen LogP contribution in [0.4, 0.5) is 4.39 Å². The van der Waals surface area contributed by atoms with Crippen LogP contribution in [0.1, 0.15) is 44.9 Å². The molecule has 1 aromatic carbocycles. The Balaban J connectivity index is 1.69. The van der Waals surface area contributed by atoms with Crippen molar-refractivity contribution in [3.63, 3.8) is 0 Å². The highest BCUT2D eigenvalue weighted by molar-refractivity contribution is 5.98. The van der Waals surface area contributed by atoms with E-state index in [0.29, 0.717) is 22.4 Å². The van der Waals surface area contributed by atoms with Crippen molar-refractivity contribution in [3.8, 4) is 11.4 Å². The van der Waals surface area contributed by atoms with Crippen LogP contribution in [0.3, 0.4) is 0 Å². The molecule has 9 heteroatoms. The minimum Gasteiger partial charge on any atom is -0.462 e. The van der Waals surface area contributed by atoms with Gasteiger partial charge >= 0.3 is 11.9 Å². The topological polar surface area (TPSA) is 107 Å². The highest BCUT2D eigenvalue weighted by Gasteiger charge is 2.24. The summed E-state index contributed by atoms with van der Waals surface area (Å²) < 4.78 is 28.2. The summed E-state index contributed by atoms with van der Waals surface area (Å²) in [6.07, 6.45) is 0. The highest BCUT2D eigenvalue weighted by Crippen LogP contribution is 2.21. The van der Waals surface area contributed by atoms with E-state index in [0.717, 1.165) is 0 Å². The minimum atomic E-state index is -0.669. The van der Waals surface area contributed by atoms with Crippen LogP contribution in [0, 0.1) is 19.7 Å². The molecule has 0 amide bonds. The lowest BCUT2D eigenvalue weighted by atomic mass is 10.1. The lowest BCUT2D eigenvalue weighted by Crippen LogP contribution is -2.09. The quantitative estimate of drug-likeness (QED) is 0.646. The molecular weight excluding hydrogens is 369 g/mol. The normalized spacial score (nSPS) is 10.7. The molecule has 0 aliphatic rings. The number of ether oxygens (including phenoxy) is 2. The number of aryl methyl sites for hydroxylation is 1. The fourth-order valence-corrected chi connectivity index (χ4v) is 2.69. The predicted molar refractivity (Wildman–Crippen MR) is 95.0 cm³/mol. The van der Waals surface area contributed by atoms with Gasteiger partial charge in [-0.2, -0.15) is 4.98 Å². The Morgan fingerprint density at radius 1 is 1.14 bits per heavy atom. The van der Waals surface area contributed by atoms with Gasteiger partial charge in [0.2, 0.25) is 5.82 Å². The molecule has 0 bridgehead atoms. The van der Waals surface area contributed by atoms with Crippen molar-refractivity contribution >= 4 is 11.9 Å². The first-order valence-electron chi connectivity index (χ1n) is 8.52. The van der Waals surface area contributed by atoms with Crippen molar-refractivity contribution in [2.45, 2.75) is 27.4 Å². The molecule has 0 saturated heterocycles. The fourth-order valence-electron chi connectivity index (χ4n) is 2.69. The third-order valence-electron chi connectivity index (χ3n) is 4.02. The lowest BCUT2D eigenvalue weighted by molar-refractivity contribution is 0.0422. The van der Waals surface area contributed by atoms with E-state index in [1.807, 2.05) is 0 Å². The number of halogens is 1. The Labute approximate surface area is 159 Å². The predicted octanol–water partition coefficient (Wildman–Crippen LogP) is 3.35. The Morgan fingerprint density at radius 2 is 1.86 bits per heavy atom. The van der Waals surface area contributed by atoms with Crippen LogP contribution >= 0.6 is 0 Å². The SMILES string of the molecule is CCOC(=O)c1c(C)[nH]c(C(=O)OCc2nc(-c3ccc(F)cc3)no2)c1C. The summed E-state index contributed by atoms with van der Waals surface area (Å²) in [5, 5.41) is 3.78. The molecule has 3 aromatic rings. The summed E-state index contributed by atoms with van der Waals surface area (Å²) in [4.78, 5) is 31.3. The average molecular weight is 387 g/mol. The van der Waals surface area contributed by atoms with Crippen LogP contribution in [0.25, 0.3) is 11.4 Å². The summed E-state index contributed by atoms with van der Waals surface area (Å²) in [5.74, 6) is -1.21. The minimum absolute atomic E-state index is 0.0826. The van der Waals surface area contributed by atoms with Crippen molar-refractivity contribution in [3.05, 3.63) is 58.5 Å². The molecule has 1 N–H and O–H groups in total. The first-order valence-corrected chi connectivity index (χ1v) is 8.52. The maximum Gasteiger partial charge on any atom is 0.355 e. The fraction of sp³-hybridized carbons (Fsp3) is 0.263. The first kappa shape index (κ1) is 19.3. The molecule has 2 aromatic heterocycles. The Hall–Kier alpha value is -3.49. The number of carbonyl (C=O) groups excluding carboxylic acids is 2. The summed E-state index contributed by atoms with van der Waals surface area (Å²) in [6.45, 7) is 4.99. The monoisotopic (exact) mass is 387 g/mol. The molecule has 0 aliphatic heterocycles. The van der Waals surface area contributed by atoms with E-state index in [9.17, 15) is 14.0 Å². The van der Waals surface area contributed by atoms with E-state index in [1.54, 1.807) is 20.8 Å². The van der Waals surface area contributed by atoms with E-state index in [1.165, 1.54) is 24.3 Å². The second kappa shape index (κ2) is 8.03. The number of rotatable bonds is 6. The zero-order valence-corrected chi connectivity index (χ0v) is 15.5. The van der Waals surface area contributed by atoms with Crippen molar-refractivity contribution in [2.75, 3.05) is 6.61 Å². The Morgan fingerprint density at radius 3 is 2.54 bits per heavy atom. The van der Waals surface area contributed by atoms with Crippen molar-refractivity contribution in [2.24, 2.45) is 0 Å². The molecule has 2 heterocycles. The second-order valence-electron chi connectivity index (χ2n) is 5.94. The molecule has 28 heavy (non-hydrogen) atoms. The number of esters is 2. The molecule has 0 aliphatic carbocycles. The van der Waals surface area contributed by atoms with Crippen molar-refractivity contribution in [1.29, 1.82) is 0 Å². The molecule has 0 atom stereocenters. The standard InChI is InChI=1S/C19H18FN3O5/c1-4-26-18(24)15-10(2)16(21-11(15)3)19(25)27-9-14-22-17(23-28-14)12-5-7-13(20)8-6-12/h5-8,21H,4,9H2,1-3H3. The van der Waals surface area contributed by atoms with Gasteiger partial charge in [0.05, 0.1) is 12.2 Å². The zero-order valence-electron chi connectivity index (χ0n) is 15.5. The number of carbonyl (C=O) groups is 2. The summed E-state index contributed by atoms with van der Waals surface area (Å²) in [6, 6.07) is 5.58. The smallest absolute Gasteiger partial charge is 0.355 e. The number of nitrogens with zero attached hydrogens (tertiary/aromatic N) is 2. The van der Waals surface area contributed by atoms with E-state index in [4.69, 9.17) is 14.0 Å². The zero-order chi connectivity index (χ0) is 20.3. The first-order chi connectivity index (χ1) is 13.4. The van der Waals surface area contributed by atoms with Gasteiger partial charge < -0.3 is 19.0 Å².